The molecule has 5 heteroatoms. The molecule has 0 saturated carbocycles. The lowest BCUT2D eigenvalue weighted by atomic mass is 10.1. The Bertz CT molecular complexity index is 510. The Hall–Kier alpha value is -1.75. The zero-order valence-corrected chi connectivity index (χ0v) is 15.4. The Balaban J connectivity index is 1.88. The molecule has 1 aromatic rings. The number of benzene rings is 1. The maximum absolute atomic E-state index is 12.4. The third kappa shape index (κ3) is 4.87. The van der Waals surface area contributed by atoms with Crippen LogP contribution in [-0.4, -0.2) is 49.8 Å². The van der Waals surface area contributed by atoms with Gasteiger partial charge < -0.3 is 19.9 Å². The fourth-order valence-corrected chi connectivity index (χ4v) is 2.90. The molecule has 5 nitrogen and oxygen atoms in total. The van der Waals surface area contributed by atoms with Crippen LogP contribution in [0.1, 0.15) is 33.3 Å². The second-order valence-corrected chi connectivity index (χ2v) is 6.70. The van der Waals surface area contributed by atoms with Gasteiger partial charge in [0.2, 0.25) is 0 Å². The number of urea groups is 1. The number of ether oxygens (including phenoxy) is 1. The fraction of sp³-hybridized carbons (Fsp3) is 0.632. The number of nitrogens with one attached hydrogen (secondary N) is 1. The van der Waals surface area contributed by atoms with Crippen LogP contribution in [0.4, 0.5) is 10.5 Å². The highest BCUT2D eigenvalue weighted by Gasteiger charge is 2.20. The highest BCUT2D eigenvalue weighted by molar-refractivity contribution is 5.74. The van der Waals surface area contributed by atoms with E-state index in [1.165, 1.54) is 5.69 Å². The van der Waals surface area contributed by atoms with Crippen LogP contribution in [0.15, 0.2) is 24.3 Å². The van der Waals surface area contributed by atoms with Gasteiger partial charge in [0.05, 0.1) is 13.2 Å². The first-order valence-corrected chi connectivity index (χ1v) is 8.99. The van der Waals surface area contributed by atoms with Gasteiger partial charge in [-0.2, -0.15) is 0 Å². The van der Waals surface area contributed by atoms with Gasteiger partial charge in [-0.1, -0.05) is 26.0 Å². The molecule has 0 bridgehead atoms. The van der Waals surface area contributed by atoms with E-state index in [-0.39, 0.29) is 12.1 Å². The number of morpholine rings is 1. The summed E-state index contributed by atoms with van der Waals surface area (Å²) >= 11 is 0. The first kappa shape index (κ1) is 18.6. The number of rotatable bonds is 6. The lowest BCUT2D eigenvalue weighted by Crippen LogP contribution is -2.46. The normalized spacial score (nSPS) is 16.1. The average Bonchev–Trinajstić information content (AvgIpc) is 2.61. The summed E-state index contributed by atoms with van der Waals surface area (Å²) in [5.74, 6) is 0.448. The molecule has 0 radical (unpaired) electrons. The van der Waals surface area contributed by atoms with Crippen molar-refractivity contribution in [2.24, 2.45) is 5.92 Å². The average molecular weight is 333 g/mol. The van der Waals surface area contributed by atoms with Crippen molar-refractivity contribution < 1.29 is 9.53 Å². The van der Waals surface area contributed by atoms with E-state index < -0.39 is 0 Å². The van der Waals surface area contributed by atoms with E-state index >= 15 is 0 Å². The monoisotopic (exact) mass is 333 g/mol. The highest BCUT2D eigenvalue weighted by Crippen LogP contribution is 2.17. The summed E-state index contributed by atoms with van der Waals surface area (Å²) in [6.45, 7) is 13.2. The summed E-state index contributed by atoms with van der Waals surface area (Å²) in [6, 6.07) is 8.68. The van der Waals surface area contributed by atoms with Crippen molar-refractivity contribution in [1.29, 1.82) is 0 Å². The van der Waals surface area contributed by atoms with Gasteiger partial charge in [-0.15, -0.1) is 0 Å². The molecule has 1 saturated heterocycles. The van der Waals surface area contributed by atoms with Gasteiger partial charge in [0, 0.05) is 37.9 Å². The maximum atomic E-state index is 12.4. The summed E-state index contributed by atoms with van der Waals surface area (Å²) in [5.41, 5.74) is 2.34. The van der Waals surface area contributed by atoms with Crippen LogP contribution in [0.5, 0.6) is 0 Å². The standard InChI is InChI=1S/C19H31N3O2/c1-5-22(16(4)15(2)3)19(23)20-14-17-6-8-18(9-7-17)21-10-12-24-13-11-21/h6-9,15-16H,5,10-14H2,1-4H3,(H,20,23). The molecule has 1 heterocycles. The molecule has 2 rings (SSSR count). The number of hydrogen-bond donors (Lipinski definition) is 1. The van der Waals surface area contributed by atoms with Crippen molar-refractivity contribution >= 4 is 11.7 Å². The minimum absolute atomic E-state index is 0.0101. The Morgan fingerprint density at radius 3 is 2.38 bits per heavy atom. The van der Waals surface area contributed by atoms with Crippen molar-refractivity contribution in [3.63, 3.8) is 0 Å². The molecule has 1 aromatic carbocycles. The van der Waals surface area contributed by atoms with Crippen LogP contribution < -0.4 is 10.2 Å². The van der Waals surface area contributed by atoms with Crippen molar-refractivity contribution in [3.8, 4) is 0 Å². The van der Waals surface area contributed by atoms with E-state index in [4.69, 9.17) is 4.74 Å². The zero-order chi connectivity index (χ0) is 17.5. The molecule has 1 unspecified atom stereocenters. The summed E-state index contributed by atoms with van der Waals surface area (Å²) < 4.78 is 5.39. The predicted octanol–water partition coefficient (Wildman–Crippen LogP) is 3.10. The highest BCUT2D eigenvalue weighted by atomic mass is 16.5. The van der Waals surface area contributed by atoms with Crippen LogP contribution in [0.25, 0.3) is 0 Å². The molecule has 2 amide bonds. The molecular weight excluding hydrogens is 302 g/mol. The minimum Gasteiger partial charge on any atom is -0.378 e. The van der Waals surface area contributed by atoms with E-state index in [1.54, 1.807) is 0 Å². The van der Waals surface area contributed by atoms with Crippen molar-refractivity contribution in [2.45, 2.75) is 40.3 Å². The molecular formula is C19H31N3O2. The largest absolute Gasteiger partial charge is 0.378 e. The van der Waals surface area contributed by atoms with Crippen LogP contribution in [-0.2, 0) is 11.3 Å². The summed E-state index contributed by atoms with van der Waals surface area (Å²) in [7, 11) is 0. The van der Waals surface area contributed by atoms with Crippen LogP contribution in [0.3, 0.4) is 0 Å². The van der Waals surface area contributed by atoms with E-state index in [9.17, 15) is 4.79 Å². The third-order valence-corrected chi connectivity index (χ3v) is 4.81. The van der Waals surface area contributed by atoms with Gasteiger partial charge in [0.1, 0.15) is 0 Å². The Morgan fingerprint density at radius 1 is 1.21 bits per heavy atom. The topological polar surface area (TPSA) is 44.8 Å². The molecule has 1 atom stereocenters. The molecule has 1 aliphatic heterocycles. The SMILES string of the molecule is CCN(C(=O)NCc1ccc(N2CCOCC2)cc1)C(C)C(C)C. The molecule has 0 spiro atoms. The van der Waals surface area contributed by atoms with Crippen LogP contribution in [0.2, 0.25) is 0 Å². The predicted molar refractivity (Wildman–Crippen MR) is 98.4 cm³/mol. The first-order chi connectivity index (χ1) is 11.5. The molecule has 134 valence electrons. The molecule has 24 heavy (non-hydrogen) atoms. The molecule has 1 aliphatic rings. The number of hydrogen-bond acceptors (Lipinski definition) is 3. The van der Waals surface area contributed by atoms with E-state index in [1.807, 2.05) is 11.8 Å². The zero-order valence-electron chi connectivity index (χ0n) is 15.4. The van der Waals surface area contributed by atoms with Crippen molar-refractivity contribution in [3.05, 3.63) is 29.8 Å². The molecule has 1 N–H and O–H groups in total. The Kier molecular flexibility index (Phi) is 6.91. The fourth-order valence-electron chi connectivity index (χ4n) is 2.90. The number of amides is 2. The van der Waals surface area contributed by atoms with E-state index in [2.05, 4.69) is 55.3 Å². The van der Waals surface area contributed by atoms with Gasteiger partial charge in [-0.25, -0.2) is 4.79 Å². The van der Waals surface area contributed by atoms with Crippen molar-refractivity contribution in [2.75, 3.05) is 37.7 Å². The second kappa shape index (κ2) is 8.92. The quantitative estimate of drug-likeness (QED) is 0.870. The number of carbonyl (C=O) groups is 1. The number of anilines is 1. The third-order valence-electron chi connectivity index (χ3n) is 4.81. The van der Waals surface area contributed by atoms with Gasteiger partial charge in [-0.05, 0) is 37.5 Å². The Labute approximate surface area is 146 Å². The molecule has 0 aliphatic carbocycles. The van der Waals surface area contributed by atoms with Gasteiger partial charge in [-0.3, -0.25) is 0 Å². The first-order valence-electron chi connectivity index (χ1n) is 8.99. The van der Waals surface area contributed by atoms with Gasteiger partial charge in [0.15, 0.2) is 0 Å². The second-order valence-electron chi connectivity index (χ2n) is 6.70. The maximum Gasteiger partial charge on any atom is 0.317 e. The number of carbonyl (C=O) groups excluding carboxylic acids is 1. The summed E-state index contributed by atoms with van der Waals surface area (Å²) in [4.78, 5) is 16.6. The minimum atomic E-state index is 0.0101. The summed E-state index contributed by atoms with van der Waals surface area (Å²) in [6.07, 6.45) is 0. The lowest BCUT2D eigenvalue weighted by molar-refractivity contribution is 0.122. The van der Waals surface area contributed by atoms with Gasteiger partial charge in [0.25, 0.3) is 0 Å². The van der Waals surface area contributed by atoms with Crippen molar-refractivity contribution in [1.82, 2.24) is 10.2 Å². The van der Waals surface area contributed by atoms with E-state index in [0.29, 0.717) is 12.5 Å². The van der Waals surface area contributed by atoms with Crippen LogP contribution >= 0.6 is 0 Å². The lowest BCUT2D eigenvalue weighted by Gasteiger charge is -2.31. The molecule has 1 fully saturated rings. The molecule has 0 aromatic heterocycles. The van der Waals surface area contributed by atoms with Gasteiger partial charge >= 0.3 is 6.03 Å². The Morgan fingerprint density at radius 2 is 1.83 bits per heavy atom. The smallest absolute Gasteiger partial charge is 0.317 e. The summed E-state index contributed by atoms with van der Waals surface area (Å²) in [5, 5.41) is 3.04. The van der Waals surface area contributed by atoms with E-state index in [0.717, 1.165) is 38.4 Å². The number of nitrogens with zero attached hydrogens (tertiary/aromatic N) is 2. The van der Waals surface area contributed by atoms with Crippen LogP contribution in [0, 0.1) is 5.92 Å².